The highest BCUT2D eigenvalue weighted by Gasteiger charge is 2.05. The molecule has 0 saturated carbocycles. The number of amides is 1. The molecule has 5 heteroatoms. The van der Waals surface area contributed by atoms with Gasteiger partial charge in [0.05, 0.1) is 0 Å². The first-order valence-corrected chi connectivity index (χ1v) is 9.77. The molecule has 0 heterocycles. The van der Waals surface area contributed by atoms with E-state index < -0.39 is 0 Å². The molecule has 2 rings (SSSR count). The number of nitrogens with zero attached hydrogens (tertiary/aromatic N) is 1. The lowest BCUT2D eigenvalue weighted by atomic mass is 10.1. The van der Waals surface area contributed by atoms with Crippen LogP contribution in [-0.4, -0.2) is 11.6 Å². The molecule has 0 radical (unpaired) electrons. The summed E-state index contributed by atoms with van der Waals surface area (Å²) in [7, 11) is 0. The molecule has 0 aliphatic carbocycles. The van der Waals surface area contributed by atoms with E-state index in [2.05, 4.69) is 17.5 Å². The lowest BCUT2D eigenvalue weighted by Gasteiger charge is -2.07. The van der Waals surface area contributed by atoms with E-state index in [-0.39, 0.29) is 5.91 Å². The van der Waals surface area contributed by atoms with Crippen LogP contribution in [-0.2, 0) is 6.61 Å². The van der Waals surface area contributed by atoms with Crippen molar-refractivity contribution in [2.24, 2.45) is 5.10 Å². The Hall–Kier alpha value is -2.33. The van der Waals surface area contributed by atoms with E-state index in [0.29, 0.717) is 22.9 Å². The van der Waals surface area contributed by atoms with E-state index in [9.17, 15) is 4.79 Å². The summed E-state index contributed by atoms with van der Waals surface area (Å²) < 4.78 is 5.73. The molecule has 0 aliphatic heterocycles. The predicted octanol–water partition coefficient (Wildman–Crippen LogP) is 6.00. The molecule has 0 atom stereocenters. The van der Waals surface area contributed by atoms with E-state index in [0.717, 1.165) is 24.1 Å². The fourth-order valence-corrected chi connectivity index (χ4v) is 2.65. The van der Waals surface area contributed by atoms with Crippen LogP contribution in [0.4, 0.5) is 0 Å². The Morgan fingerprint density at radius 1 is 1.04 bits per heavy atom. The Bertz CT molecular complexity index is 740. The van der Waals surface area contributed by atoms with Gasteiger partial charge < -0.3 is 4.74 Å². The molecule has 0 saturated heterocycles. The van der Waals surface area contributed by atoms with Crippen molar-refractivity contribution in [2.45, 2.75) is 52.6 Å². The van der Waals surface area contributed by atoms with Gasteiger partial charge in [0.2, 0.25) is 0 Å². The van der Waals surface area contributed by atoms with Crippen LogP contribution in [0.2, 0.25) is 5.02 Å². The van der Waals surface area contributed by atoms with Gasteiger partial charge in [-0.2, -0.15) is 5.10 Å². The van der Waals surface area contributed by atoms with Gasteiger partial charge in [-0.1, -0.05) is 49.9 Å². The maximum Gasteiger partial charge on any atom is 0.271 e. The molecule has 1 N–H and O–H groups in total. The zero-order chi connectivity index (χ0) is 19.5. The first kappa shape index (κ1) is 21.0. The molecule has 27 heavy (non-hydrogen) atoms. The summed E-state index contributed by atoms with van der Waals surface area (Å²) in [5.41, 5.74) is 5.15. The van der Waals surface area contributed by atoms with Gasteiger partial charge in [0.15, 0.2) is 0 Å². The zero-order valence-electron chi connectivity index (χ0n) is 16.0. The van der Waals surface area contributed by atoms with Crippen LogP contribution in [0.3, 0.4) is 0 Å². The van der Waals surface area contributed by atoms with Crippen molar-refractivity contribution < 1.29 is 9.53 Å². The Morgan fingerprint density at radius 2 is 1.74 bits per heavy atom. The molecule has 4 nitrogen and oxygen atoms in total. The normalized spacial score (nSPS) is 11.3. The van der Waals surface area contributed by atoms with E-state index in [1.165, 1.54) is 19.3 Å². The number of nitrogens with one attached hydrogen (secondary N) is 1. The quantitative estimate of drug-likeness (QED) is 0.309. The van der Waals surface area contributed by atoms with Gasteiger partial charge in [0, 0.05) is 16.3 Å². The standard InChI is InChI=1S/C22H27ClN2O2/c1-3-4-5-6-7-17(2)24-25-22(26)19-10-14-21(15-11-19)27-16-18-8-12-20(23)13-9-18/h8-15H,3-7,16H2,1-2H3,(H,25,26)/b24-17+. The second-order valence-electron chi connectivity index (χ2n) is 6.54. The molecule has 0 spiro atoms. The van der Waals surface area contributed by atoms with Crippen LogP contribution in [0, 0.1) is 0 Å². The van der Waals surface area contributed by atoms with Crippen molar-refractivity contribution in [1.29, 1.82) is 0 Å². The van der Waals surface area contributed by atoms with Crippen molar-refractivity contribution in [2.75, 3.05) is 0 Å². The largest absolute Gasteiger partial charge is 0.489 e. The Kier molecular flexibility index (Phi) is 8.85. The van der Waals surface area contributed by atoms with Crippen molar-refractivity contribution in [3.63, 3.8) is 0 Å². The summed E-state index contributed by atoms with van der Waals surface area (Å²) in [6.07, 6.45) is 5.68. The van der Waals surface area contributed by atoms with Gasteiger partial charge in [-0.05, 0) is 61.7 Å². The minimum atomic E-state index is -0.216. The third kappa shape index (κ3) is 7.83. The highest BCUT2D eigenvalue weighted by molar-refractivity contribution is 6.30. The van der Waals surface area contributed by atoms with Gasteiger partial charge in [0.1, 0.15) is 12.4 Å². The second-order valence-corrected chi connectivity index (χ2v) is 6.97. The molecule has 0 aromatic heterocycles. The highest BCUT2D eigenvalue weighted by atomic mass is 35.5. The number of carbonyl (C=O) groups is 1. The van der Waals surface area contributed by atoms with Crippen LogP contribution < -0.4 is 10.2 Å². The number of benzene rings is 2. The van der Waals surface area contributed by atoms with E-state index in [4.69, 9.17) is 16.3 Å². The summed E-state index contributed by atoms with van der Waals surface area (Å²) in [6, 6.07) is 14.6. The minimum absolute atomic E-state index is 0.216. The number of halogens is 1. The number of hydrogen-bond acceptors (Lipinski definition) is 3. The summed E-state index contributed by atoms with van der Waals surface area (Å²) in [5, 5.41) is 4.88. The van der Waals surface area contributed by atoms with Crippen LogP contribution >= 0.6 is 11.6 Å². The summed E-state index contributed by atoms with van der Waals surface area (Å²) in [5.74, 6) is 0.490. The number of carbonyl (C=O) groups excluding carboxylic acids is 1. The first-order valence-electron chi connectivity index (χ1n) is 9.39. The van der Waals surface area contributed by atoms with Gasteiger partial charge in [-0.15, -0.1) is 0 Å². The fourth-order valence-electron chi connectivity index (χ4n) is 2.52. The fraction of sp³-hybridized carbons (Fsp3) is 0.364. The molecule has 144 valence electrons. The smallest absolute Gasteiger partial charge is 0.271 e. The Balaban J connectivity index is 1.79. The van der Waals surface area contributed by atoms with Crippen molar-refractivity contribution in [3.8, 4) is 5.75 Å². The predicted molar refractivity (Wildman–Crippen MR) is 112 cm³/mol. The minimum Gasteiger partial charge on any atom is -0.489 e. The second kappa shape index (κ2) is 11.4. The monoisotopic (exact) mass is 386 g/mol. The number of hydrogen-bond donors (Lipinski definition) is 1. The lowest BCUT2D eigenvalue weighted by Crippen LogP contribution is -2.19. The van der Waals surface area contributed by atoms with E-state index >= 15 is 0 Å². The van der Waals surface area contributed by atoms with Crippen molar-refractivity contribution >= 4 is 23.2 Å². The Morgan fingerprint density at radius 3 is 2.41 bits per heavy atom. The molecule has 2 aromatic rings. The van der Waals surface area contributed by atoms with Gasteiger partial charge in [-0.25, -0.2) is 5.43 Å². The molecule has 0 bridgehead atoms. The van der Waals surface area contributed by atoms with Gasteiger partial charge >= 0.3 is 0 Å². The number of rotatable bonds is 10. The third-order valence-electron chi connectivity index (χ3n) is 4.18. The highest BCUT2D eigenvalue weighted by Crippen LogP contribution is 2.16. The van der Waals surface area contributed by atoms with Gasteiger partial charge in [0.25, 0.3) is 5.91 Å². The average Bonchev–Trinajstić information content (AvgIpc) is 2.69. The summed E-state index contributed by atoms with van der Waals surface area (Å²) in [6.45, 7) is 4.58. The van der Waals surface area contributed by atoms with Crippen LogP contribution in [0.15, 0.2) is 53.6 Å². The van der Waals surface area contributed by atoms with Crippen molar-refractivity contribution in [3.05, 3.63) is 64.7 Å². The third-order valence-corrected chi connectivity index (χ3v) is 4.43. The molecular weight excluding hydrogens is 360 g/mol. The van der Waals surface area contributed by atoms with Crippen molar-refractivity contribution in [1.82, 2.24) is 5.43 Å². The first-order chi connectivity index (χ1) is 13.1. The van der Waals surface area contributed by atoms with E-state index in [1.54, 1.807) is 24.3 Å². The van der Waals surface area contributed by atoms with Crippen LogP contribution in [0.1, 0.15) is 61.9 Å². The summed E-state index contributed by atoms with van der Waals surface area (Å²) >= 11 is 5.87. The molecule has 0 fully saturated rings. The van der Waals surface area contributed by atoms with Gasteiger partial charge in [-0.3, -0.25) is 4.79 Å². The van der Waals surface area contributed by atoms with E-state index in [1.807, 2.05) is 31.2 Å². The number of ether oxygens (including phenoxy) is 1. The zero-order valence-corrected chi connectivity index (χ0v) is 16.8. The topological polar surface area (TPSA) is 50.7 Å². The summed E-state index contributed by atoms with van der Waals surface area (Å²) in [4.78, 5) is 12.2. The number of hydrazone groups is 1. The average molecular weight is 387 g/mol. The maximum atomic E-state index is 12.2. The molecule has 2 aromatic carbocycles. The molecular formula is C22H27ClN2O2. The lowest BCUT2D eigenvalue weighted by molar-refractivity contribution is 0.0954. The Labute approximate surface area is 166 Å². The van der Waals surface area contributed by atoms with Crippen LogP contribution in [0.25, 0.3) is 0 Å². The molecule has 0 unspecified atom stereocenters. The maximum absolute atomic E-state index is 12.2. The molecule has 1 amide bonds. The number of unbranched alkanes of at least 4 members (excludes halogenated alkanes) is 3. The van der Waals surface area contributed by atoms with Crippen LogP contribution in [0.5, 0.6) is 5.75 Å². The SMILES string of the molecule is CCCCCC/C(C)=N/NC(=O)c1ccc(OCc2ccc(Cl)cc2)cc1. The molecule has 0 aliphatic rings.